The van der Waals surface area contributed by atoms with Crippen LogP contribution in [0.15, 0.2) is 59.1 Å². The van der Waals surface area contributed by atoms with Gasteiger partial charge in [0.25, 0.3) is 0 Å². The van der Waals surface area contributed by atoms with Gasteiger partial charge in [-0.1, -0.05) is 45.8 Å². The lowest BCUT2D eigenvalue weighted by Gasteiger charge is -2.32. The number of hydrogen-bond acceptors (Lipinski definition) is 4. The molecule has 0 radical (unpaired) electrons. The molecule has 6 nitrogen and oxygen atoms in total. The third kappa shape index (κ3) is 4.98. The molecule has 0 spiro atoms. The molecule has 1 aliphatic rings. The highest BCUT2D eigenvalue weighted by Crippen LogP contribution is 2.24. The van der Waals surface area contributed by atoms with Crippen molar-refractivity contribution in [2.75, 3.05) is 31.6 Å². The Labute approximate surface area is 185 Å². The molecule has 0 aliphatic carbocycles. The molecule has 1 atom stereocenters. The van der Waals surface area contributed by atoms with Crippen molar-refractivity contribution in [1.29, 1.82) is 0 Å². The van der Waals surface area contributed by atoms with Crippen molar-refractivity contribution in [2.24, 2.45) is 0 Å². The minimum atomic E-state index is -0.0558. The zero-order valence-electron chi connectivity index (χ0n) is 17.1. The second kappa shape index (κ2) is 9.12. The Kier molecular flexibility index (Phi) is 6.32. The van der Waals surface area contributed by atoms with Crippen molar-refractivity contribution in [3.63, 3.8) is 0 Å². The van der Waals surface area contributed by atoms with Gasteiger partial charge in [0.05, 0.1) is 30.6 Å². The standard InChI is InChI=1S/C23H25BrN4O2/c1-16-3-9-20(10-4-16)28-22(13-17(2)26-28)25-23(29)15-27-11-12-30-21(14-27)18-5-7-19(24)8-6-18/h3-10,13,21H,11-12,14-15H2,1-2H3,(H,25,29). The lowest BCUT2D eigenvalue weighted by atomic mass is 10.1. The minimum Gasteiger partial charge on any atom is -0.371 e. The van der Waals surface area contributed by atoms with E-state index in [1.165, 1.54) is 5.56 Å². The van der Waals surface area contributed by atoms with E-state index in [0.29, 0.717) is 25.5 Å². The van der Waals surface area contributed by atoms with Crippen molar-refractivity contribution in [1.82, 2.24) is 14.7 Å². The third-order valence-electron chi connectivity index (χ3n) is 5.14. The molecule has 3 aromatic rings. The molecule has 1 saturated heterocycles. The van der Waals surface area contributed by atoms with Gasteiger partial charge in [0.1, 0.15) is 5.82 Å². The van der Waals surface area contributed by atoms with Gasteiger partial charge in [-0.2, -0.15) is 5.10 Å². The fraction of sp³-hybridized carbons (Fsp3) is 0.304. The molecule has 1 N–H and O–H groups in total. The molecule has 1 unspecified atom stereocenters. The van der Waals surface area contributed by atoms with E-state index in [1.807, 2.05) is 56.3 Å². The molecule has 0 bridgehead atoms. The Morgan fingerprint density at radius 2 is 1.90 bits per heavy atom. The van der Waals surface area contributed by atoms with Gasteiger partial charge in [0, 0.05) is 23.6 Å². The van der Waals surface area contributed by atoms with Crippen LogP contribution >= 0.6 is 15.9 Å². The van der Waals surface area contributed by atoms with Gasteiger partial charge in [-0.25, -0.2) is 4.68 Å². The summed E-state index contributed by atoms with van der Waals surface area (Å²) >= 11 is 3.46. The molecule has 156 valence electrons. The number of aromatic nitrogens is 2. The number of aryl methyl sites for hydroxylation is 2. The Morgan fingerprint density at radius 1 is 1.17 bits per heavy atom. The van der Waals surface area contributed by atoms with Crippen LogP contribution in [0.4, 0.5) is 5.82 Å². The number of amides is 1. The number of nitrogens with zero attached hydrogens (tertiary/aromatic N) is 3. The Morgan fingerprint density at radius 3 is 2.63 bits per heavy atom. The number of hydrogen-bond donors (Lipinski definition) is 1. The van der Waals surface area contributed by atoms with Gasteiger partial charge < -0.3 is 10.1 Å². The van der Waals surface area contributed by atoms with E-state index in [-0.39, 0.29) is 12.0 Å². The molecule has 2 heterocycles. The smallest absolute Gasteiger partial charge is 0.239 e. The minimum absolute atomic E-state index is 0.0278. The van der Waals surface area contributed by atoms with Gasteiger partial charge in [-0.05, 0) is 43.7 Å². The number of halogens is 1. The molecular weight excluding hydrogens is 444 g/mol. The van der Waals surface area contributed by atoms with Crippen molar-refractivity contribution < 1.29 is 9.53 Å². The predicted molar refractivity (Wildman–Crippen MR) is 121 cm³/mol. The average molecular weight is 469 g/mol. The number of benzene rings is 2. The number of rotatable bonds is 5. The van der Waals surface area contributed by atoms with E-state index in [2.05, 4.69) is 43.4 Å². The van der Waals surface area contributed by atoms with Crippen molar-refractivity contribution >= 4 is 27.7 Å². The van der Waals surface area contributed by atoms with E-state index in [0.717, 1.165) is 28.0 Å². The first kappa shape index (κ1) is 20.8. The van der Waals surface area contributed by atoms with E-state index in [9.17, 15) is 4.79 Å². The van der Waals surface area contributed by atoms with Crippen molar-refractivity contribution in [3.8, 4) is 5.69 Å². The number of ether oxygens (including phenoxy) is 1. The number of anilines is 1. The summed E-state index contributed by atoms with van der Waals surface area (Å²) in [5.74, 6) is 0.624. The summed E-state index contributed by atoms with van der Waals surface area (Å²) in [6.07, 6.45) is -0.0278. The van der Waals surface area contributed by atoms with Gasteiger partial charge >= 0.3 is 0 Å². The van der Waals surface area contributed by atoms with Gasteiger partial charge in [0.15, 0.2) is 0 Å². The highest BCUT2D eigenvalue weighted by molar-refractivity contribution is 9.10. The third-order valence-corrected chi connectivity index (χ3v) is 5.67. The molecule has 1 aliphatic heterocycles. The molecule has 30 heavy (non-hydrogen) atoms. The summed E-state index contributed by atoms with van der Waals surface area (Å²) in [4.78, 5) is 14.9. The summed E-state index contributed by atoms with van der Waals surface area (Å²) < 4.78 is 8.74. The van der Waals surface area contributed by atoms with Crippen LogP contribution in [-0.4, -0.2) is 46.8 Å². The maximum Gasteiger partial charge on any atom is 0.239 e. The number of morpholine rings is 1. The average Bonchev–Trinajstić information content (AvgIpc) is 3.09. The molecule has 1 amide bonds. The molecule has 1 fully saturated rings. The summed E-state index contributed by atoms with van der Waals surface area (Å²) in [5, 5.41) is 7.56. The van der Waals surface area contributed by atoms with Crippen molar-refractivity contribution in [2.45, 2.75) is 20.0 Å². The Bertz CT molecular complexity index is 1010. The highest BCUT2D eigenvalue weighted by Gasteiger charge is 2.24. The normalized spacial score (nSPS) is 17.1. The lowest BCUT2D eigenvalue weighted by Crippen LogP contribution is -2.42. The van der Waals surface area contributed by atoms with Crippen LogP contribution in [0, 0.1) is 13.8 Å². The van der Waals surface area contributed by atoms with Gasteiger partial charge in [0.2, 0.25) is 5.91 Å². The van der Waals surface area contributed by atoms with Crippen LogP contribution in [0.3, 0.4) is 0 Å². The van der Waals surface area contributed by atoms with E-state index in [1.54, 1.807) is 4.68 Å². The zero-order chi connectivity index (χ0) is 21.1. The predicted octanol–water partition coefficient (Wildman–Crippen LogP) is 4.26. The fourth-order valence-corrected chi connectivity index (χ4v) is 3.85. The summed E-state index contributed by atoms with van der Waals surface area (Å²) in [6, 6.07) is 18.1. The maximum atomic E-state index is 12.8. The maximum absolute atomic E-state index is 12.8. The van der Waals surface area contributed by atoms with E-state index < -0.39 is 0 Å². The summed E-state index contributed by atoms with van der Waals surface area (Å²) in [6.45, 7) is 6.31. The molecule has 4 rings (SSSR count). The molecule has 1 aromatic heterocycles. The second-order valence-corrected chi connectivity index (χ2v) is 8.53. The van der Waals surface area contributed by atoms with Crippen LogP contribution in [0.5, 0.6) is 0 Å². The lowest BCUT2D eigenvalue weighted by molar-refractivity contribution is -0.119. The fourth-order valence-electron chi connectivity index (χ4n) is 3.58. The summed E-state index contributed by atoms with van der Waals surface area (Å²) in [5.41, 5.74) is 4.08. The first-order chi connectivity index (χ1) is 14.5. The Hall–Kier alpha value is -2.48. The first-order valence-corrected chi connectivity index (χ1v) is 10.8. The monoisotopic (exact) mass is 468 g/mol. The molecule has 0 saturated carbocycles. The molecular formula is C23H25BrN4O2. The second-order valence-electron chi connectivity index (χ2n) is 7.61. The zero-order valence-corrected chi connectivity index (χ0v) is 18.7. The number of nitrogens with one attached hydrogen (secondary N) is 1. The van der Waals surface area contributed by atoms with E-state index >= 15 is 0 Å². The SMILES string of the molecule is Cc1ccc(-n2nc(C)cc2NC(=O)CN2CCOC(c3ccc(Br)cc3)C2)cc1. The van der Waals surface area contributed by atoms with Crippen LogP contribution in [-0.2, 0) is 9.53 Å². The topological polar surface area (TPSA) is 59.4 Å². The quantitative estimate of drug-likeness (QED) is 0.607. The first-order valence-electron chi connectivity index (χ1n) is 10.0. The highest BCUT2D eigenvalue weighted by atomic mass is 79.9. The number of carbonyl (C=O) groups is 1. The Balaban J connectivity index is 1.41. The van der Waals surface area contributed by atoms with Crippen LogP contribution in [0.1, 0.15) is 22.9 Å². The van der Waals surface area contributed by atoms with Crippen LogP contribution in [0.2, 0.25) is 0 Å². The van der Waals surface area contributed by atoms with Crippen molar-refractivity contribution in [3.05, 3.63) is 75.9 Å². The molecule has 2 aromatic carbocycles. The van der Waals surface area contributed by atoms with Gasteiger partial charge in [-0.15, -0.1) is 0 Å². The van der Waals surface area contributed by atoms with E-state index in [4.69, 9.17) is 4.74 Å². The van der Waals surface area contributed by atoms with Gasteiger partial charge in [-0.3, -0.25) is 9.69 Å². The van der Waals surface area contributed by atoms with Crippen LogP contribution < -0.4 is 5.32 Å². The van der Waals surface area contributed by atoms with Crippen LogP contribution in [0.25, 0.3) is 5.69 Å². The summed E-state index contributed by atoms with van der Waals surface area (Å²) in [7, 11) is 0. The molecule has 7 heteroatoms. The largest absolute Gasteiger partial charge is 0.371 e. The number of carbonyl (C=O) groups excluding carboxylic acids is 1.